The Morgan fingerprint density at radius 3 is 1.80 bits per heavy atom. The fourth-order valence-electron chi connectivity index (χ4n) is 2.32. The van der Waals surface area contributed by atoms with Crippen molar-refractivity contribution in [2.75, 3.05) is 6.61 Å². The van der Waals surface area contributed by atoms with Gasteiger partial charge in [0.05, 0.1) is 0 Å². The first-order valence-corrected chi connectivity index (χ1v) is 8.98. The quantitative estimate of drug-likeness (QED) is 0.267. The van der Waals surface area contributed by atoms with Crippen LogP contribution >= 0.6 is 0 Å². The molecule has 0 N–H and O–H groups in total. The molecule has 0 amide bonds. The van der Waals surface area contributed by atoms with E-state index in [0.29, 0.717) is 13.0 Å². The molecule has 0 aromatic rings. The highest BCUT2D eigenvalue weighted by molar-refractivity contribution is 5.91. The second kappa shape index (κ2) is 13.4. The minimum absolute atomic E-state index is 0.178. The molecule has 0 saturated heterocycles. The molecular formula is C22H34O3. The Bertz CT molecular complexity index is 556. The predicted molar refractivity (Wildman–Crippen MR) is 105 cm³/mol. The van der Waals surface area contributed by atoms with Crippen molar-refractivity contribution in [1.29, 1.82) is 0 Å². The Balaban J connectivity index is 4.12. The van der Waals surface area contributed by atoms with Crippen molar-refractivity contribution in [2.24, 2.45) is 0 Å². The Kier molecular flexibility index (Phi) is 12.4. The predicted octanol–water partition coefficient (Wildman–Crippen LogP) is 5.87. The number of rotatable bonds is 11. The molecule has 0 unspecified atom stereocenters. The van der Waals surface area contributed by atoms with Gasteiger partial charge in [0.2, 0.25) is 0 Å². The average Bonchev–Trinajstić information content (AvgIpc) is 2.45. The summed E-state index contributed by atoms with van der Waals surface area (Å²) >= 11 is 0. The number of carbonyl (C=O) groups is 2. The maximum Gasteiger partial charge on any atom is 0.302 e. The van der Waals surface area contributed by atoms with Crippen LogP contribution in [0.3, 0.4) is 0 Å². The van der Waals surface area contributed by atoms with E-state index in [0.717, 1.165) is 36.8 Å². The lowest BCUT2D eigenvalue weighted by molar-refractivity contribution is -0.139. The molecule has 0 atom stereocenters. The second-order valence-electron chi connectivity index (χ2n) is 6.90. The van der Waals surface area contributed by atoms with Gasteiger partial charge in [-0.15, -0.1) is 0 Å². The molecule has 0 heterocycles. The van der Waals surface area contributed by atoms with E-state index in [4.69, 9.17) is 4.74 Å². The van der Waals surface area contributed by atoms with Crippen LogP contribution in [-0.2, 0) is 14.3 Å². The summed E-state index contributed by atoms with van der Waals surface area (Å²) in [6.45, 7) is 11.9. The number of hydrogen-bond donors (Lipinski definition) is 0. The van der Waals surface area contributed by atoms with E-state index < -0.39 is 0 Å². The standard InChI is InChI=1S/C22H34O3/c1-17(2)15-22(24)16-20(5)12-8-10-18(3)9-7-11-19(4)13-14-25-21(6)23/h9,12-13,15H,7-8,10-11,14,16H2,1-6H3. The summed E-state index contributed by atoms with van der Waals surface area (Å²) in [7, 11) is 0. The molecule has 0 bridgehead atoms. The smallest absolute Gasteiger partial charge is 0.302 e. The molecule has 0 spiro atoms. The molecule has 0 fully saturated rings. The number of esters is 1. The van der Waals surface area contributed by atoms with Crippen molar-refractivity contribution in [2.45, 2.75) is 73.6 Å². The molecule has 0 aromatic carbocycles. The van der Waals surface area contributed by atoms with Crippen molar-refractivity contribution >= 4 is 11.8 Å². The zero-order valence-electron chi connectivity index (χ0n) is 16.8. The molecule has 25 heavy (non-hydrogen) atoms. The maximum atomic E-state index is 11.7. The largest absolute Gasteiger partial charge is 0.462 e. The zero-order valence-corrected chi connectivity index (χ0v) is 16.8. The molecule has 0 aliphatic rings. The van der Waals surface area contributed by atoms with Gasteiger partial charge in [0.15, 0.2) is 5.78 Å². The summed E-state index contributed by atoms with van der Waals surface area (Å²) < 4.78 is 4.90. The summed E-state index contributed by atoms with van der Waals surface area (Å²) in [5.41, 5.74) is 4.79. The topological polar surface area (TPSA) is 43.4 Å². The fraction of sp³-hybridized carbons (Fsp3) is 0.545. The Morgan fingerprint density at radius 1 is 0.760 bits per heavy atom. The molecule has 3 heteroatoms. The highest BCUT2D eigenvalue weighted by Crippen LogP contribution is 2.12. The molecule has 0 radical (unpaired) electrons. The van der Waals surface area contributed by atoms with Crippen LogP contribution in [0.2, 0.25) is 0 Å². The minimum atomic E-state index is -0.245. The summed E-state index contributed by atoms with van der Waals surface area (Å²) in [5, 5.41) is 0. The zero-order chi connectivity index (χ0) is 19.2. The Hall–Kier alpha value is -1.90. The van der Waals surface area contributed by atoms with Gasteiger partial charge in [0.1, 0.15) is 6.61 Å². The number of carbonyl (C=O) groups excluding carboxylic acids is 2. The lowest BCUT2D eigenvalue weighted by Gasteiger charge is -2.03. The number of hydrogen-bond acceptors (Lipinski definition) is 3. The summed E-state index contributed by atoms with van der Waals surface area (Å²) in [5.74, 6) is -0.0669. The van der Waals surface area contributed by atoms with Crippen LogP contribution in [0.5, 0.6) is 0 Å². The van der Waals surface area contributed by atoms with Crippen molar-refractivity contribution < 1.29 is 14.3 Å². The van der Waals surface area contributed by atoms with E-state index in [9.17, 15) is 9.59 Å². The molecular weight excluding hydrogens is 312 g/mol. The first-order valence-electron chi connectivity index (χ1n) is 8.98. The third-order valence-electron chi connectivity index (χ3n) is 3.68. The van der Waals surface area contributed by atoms with Crippen molar-refractivity contribution in [3.8, 4) is 0 Å². The van der Waals surface area contributed by atoms with E-state index in [1.165, 1.54) is 18.1 Å². The highest BCUT2D eigenvalue weighted by Gasteiger charge is 1.99. The van der Waals surface area contributed by atoms with E-state index in [1.54, 1.807) is 6.08 Å². The fourth-order valence-corrected chi connectivity index (χ4v) is 2.32. The van der Waals surface area contributed by atoms with Crippen molar-refractivity contribution in [1.82, 2.24) is 0 Å². The van der Waals surface area contributed by atoms with Gasteiger partial charge in [0.25, 0.3) is 0 Å². The summed E-state index contributed by atoms with van der Waals surface area (Å²) in [6.07, 6.45) is 12.6. The third kappa shape index (κ3) is 15.4. The summed E-state index contributed by atoms with van der Waals surface area (Å²) in [4.78, 5) is 22.4. The van der Waals surface area contributed by atoms with Gasteiger partial charge < -0.3 is 4.74 Å². The van der Waals surface area contributed by atoms with E-state index in [2.05, 4.69) is 26.0 Å². The van der Waals surface area contributed by atoms with Gasteiger partial charge in [-0.25, -0.2) is 0 Å². The van der Waals surface area contributed by atoms with Gasteiger partial charge in [-0.2, -0.15) is 0 Å². The SMILES string of the molecule is CC(=O)OCC=C(C)CCC=C(C)CCC=C(C)CC(=O)C=C(C)C. The van der Waals surface area contributed by atoms with Crippen LogP contribution < -0.4 is 0 Å². The number of ketones is 1. The van der Waals surface area contributed by atoms with Gasteiger partial charge in [-0.3, -0.25) is 9.59 Å². The molecule has 140 valence electrons. The van der Waals surface area contributed by atoms with Crippen molar-refractivity contribution in [3.63, 3.8) is 0 Å². The van der Waals surface area contributed by atoms with E-state index in [1.807, 2.05) is 26.8 Å². The van der Waals surface area contributed by atoms with Crippen LogP contribution in [0.15, 0.2) is 46.6 Å². The third-order valence-corrected chi connectivity index (χ3v) is 3.68. The highest BCUT2D eigenvalue weighted by atomic mass is 16.5. The second-order valence-corrected chi connectivity index (χ2v) is 6.90. The normalized spacial score (nSPS) is 12.8. The Labute approximate surface area is 153 Å². The van der Waals surface area contributed by atoms with Crippen LogP contribution in [0.4, 0.5) is 0 Å². The van der Waals surface area contributed by atoms with Crippen LogP contribution in [0.25, 0.3) is 0 Å². The molecule has 0 aliphatic heterocycles. The Morgan fingerprint density at radius 2 is 1.28 bits per heavy atom. The molecule has 0 saturated carbocycles. The van der Waals surface area contributed by atoms with Crippen LogP contribution in [0.1, 0.15) is 73.6 Å². The average molecular weight is 347 g/mol. The number of allylic oxidation sites excluding steroid dienone is 7. The monoisotopic (exact) mass is 346 g/mol. The number of ether oxygens (including phenoxy) is 1. The minimum Gasteiger partial charge on any atom is -0.462 e. The molecule has 0 aromatic heterocycles. The molecule has 0 aliphatic carbocycles. The molecule has 0 rings (SSSR count). The van der Waals surface area contributed by atoms with Gasteiger partial charge in [-0.05, 0) is 72.5 Å². The van der Waals surface area contributed by atoms with Gasteiger partial charge in [0, 0.05) is 13.3 Å². The first kappa shape index (κ1) is 23.1. The van der Waals surface area contributed by atoms with Crippen molar-refractivity contribution in [3.05, 3.63) is 46.6 Å². The van der Waals surface area contributed by atoms with Gasteiger partial charge >= 0.3 is 5.97 Å². The van der Waals surface area contributed by atoms with Gasteiger partial charge in [-0.1, -0.05) is 34.4 Å². The van der Waals surface area contributed by atoms with Crippen LogP contribution in [0, 0.1) is 0 Å². The maximum absolute atomic E-state index is 11.7. The lowest BCUT2D eigenvalue weighted by atomic mass is 10.0. The van der Waals surface area contributed by atoms with Crippen LogP contribution in [-0.4, -0.2) is 18.4 Å². The summed E-state index contributed by atoms with van der Waals surface area (Å²) in [6, 6.07) is 0. The molecule has 3 nitrogen and oxygen atoms in total. The van der Waals surface area contributed by atoms with E-state index in [-0.39, 0.29) is 11.8 Å². The lowest BCUT2D eigenvalue weighted by Crippen LogP contribution is -1.98. The van der Waals surface area contributed by atoms with E-state index >= 15 is 0 Å². The first-order chi connectivity index (χ1) is 11.7.